The van der Waals surface area contributed by atoms with Crippen molar-refractivity contribution < 1.29 is 0 Å². The van der Waals surface area contributed by atoms with Crippen LogP contribution in [0, 0.1) is 0 Å². The highest BCUT2D eigenvalue weighted by molar-refractivity contribution is 5.62. The van der Waals surface area contributed by atoms with E-state index in [-0.39, 0.29) is 0 Å². The Bertz CT molecular complexity index is 957. The molecule has 4 aromatic rings. The van der Waals surface area contributed by atoms with Crippen molar-refractivity contribution in [3.63, 3.8) is 0 Å². The fraction of sp³-hybridized carbons (Fsp3) is 0.158. The smallest absolute Gasteiger partial charge is 0.137 e. The standard InChI is InChI=1S/C19H19N7/c1-25-12-17(19(24-25)16-3-2-8-20-9-16)10-22-18-6-4-15(5-7-18)11-26-14-21-13-23-26/h2-9,12-14,22H,10-11H2,1H3. The van der Waals surface area contributed by atoms with E-state index in [0.717, 1.165) is 22.5 Å². The van der Waals surface area contributed by atoms with Gasteiger partial charge in [0, 0.05) is 49.0 Å². The molecule has 130 valence electrons. The number of anilines is 1. The Balaban J connectivity index is 1.44. The summed E-state index contributed by atoms with van der Waals surface area (Å²) in [5.41, 5.74) is 5.35. The summed E-state index contributed by atoms with van der Waals surface area (Å²) < 4.78 is 3.64. The molecule has 0 aliphatic heterocycles. The summed E-state index contributed by atoms with van der Waals surface area (Å²) in [4.78, 5) is 8.15. The lowest BCUT2D eigenvalue weighted by Crippen LogP contribution is -2.02. The summed E-state index contributed by atoms with van der Waals surface area (Å²) in [5, 5.41) is 12.2. The molecule has 1 aromatic carbocycles. The van der Waals surface area contributed by atoms with Crippen LogP contribution in [-0.4, -0.2) is 29.5 Å². The van der Waals surface area contributed by atoms with Crippen molar-refractivity contribution in [2.24, 2.45) is 7.05 Å². The molecule has 0 saturated heterocycles. The molecule has 0 bridgehead atoms. The molecule has 7 nitrogen and oxygen atoms in total. The summed E-state index contributed by atoms with van der Waals surface area (Å²) >= 11 is 0. The first-order valence-electron chi connectivity index (χ1n) is 8.36. The van der Waals surface area contributed by atoms with Crippen LogP contribution in [0.3, 0.4) is 0 Å². The van der Waals surface area contributed by atoms with Crippen molar-refractivity contribution in [3.05, 3.63) is 78.8 Å². The lowest BCUT2D eigenvalue weighted by atomic mass is 10.1. The molecular formula is C19H19N7. The van der Waals surface area contributed by atoms with Crippen LogP contribution in [-0.2, 0) is 20.1 Å². The van der Waals surface area contributed by atoms with Gasteiger partial charge in [-0.1, -0.05) is 12.1 Å². The lowest BCUT2D eigenvalue weighted by Gasteiger charge is -2.08. The van der Waals surface area contributed by atoms with E-state index in [2.05, 4.69) is 49.7 Å². The van der Waals surface area contributed by atoms with E-state index >= 15 is 0 Å². The minimum absolute atomic E-state index is 0.695. The number of rotatable bonds is 6. The molecule has 3 aromatic heterocycles. The molecule has 3 heterocycles. The van der Waals surface area contributed by atoms with Gasteiger partial charge in [0.2, 0.25) is 0 Å². The molecule has 0 fully saturated rings. The molecule has 0 unspecified atom stereocenters. The third-order valence-corrected chi connectivity index (χ3v) is 4.09. The first-order chi connectivity index (χ1) is 12.8. The Morgan fingerprint density at radius 1 is 1.08 bits per heavy atom. The average Bonchev–Trinajstić information content (AvgIpc) is 3.31. The monoisotopic (exact) mass is 345 g/mol. The normalized spacial score (nSPS) is 10.8. The van der Waals surface area contributed by atoms with Crippen LogP contribution in [0.4, 0.5) is 5.69 Å². The molecule has 0 aliphatic carbocycles. The van der Waals surface area contributed by atoms with Crippen molar-refractivity contribution in [3.8, 4) is 11.3 Å². The van der Waals surface area contributed by atoms with Crippen molar-refractivity contribution >= 4 is 5.69 Å². The minimum Gasteiger partial charge on any atom is -0.381 e. The van der Waals surface area contributed by atoms with Gasteiger partial charge in [0.15, 0.2) is 0 Å². The zero-order valence-corrected chi connectivity index (χ0v) is 14.4. The maximum atomic E-state index is 4.57. The number of benzene rings is 1. The molecule has 4 rings (SSSR count). The molecule has 0 spiro atoms. The van der Waals surface area contributed by atoms with E-state index in [1.807, 2.05) is 36.3 Å². The molecule has 26 heavy (non-hydrogen) atoms. The van der Waals surface area contributed by atoms with E-state index in [1.165, 1.54) is 5.56 Å². The van der Waals surface area contributed by atoms with Gasteiger partial charge in [-0.25, -0.2) is 9.67 Å². The second-order valence-electron chi connectivity index (χ2n) is 6.06. The maximum absolute atomic E-state index is 4.57. The Morgan fingerprint density at radius 2 is 1.96 bits per heavy atom. The summed E-state index contributed by atoms with van der Waals surface area (Å²) in [6, 6.07) is 12.3. The Kier molecular flexibility index (Phi) is 4.42. The highest BCUT2D eigenvalue weighted by Crippen LogP contribution is 2.22. The van der Waals surface area contributed by atoms with E-state index in [9.17, 15) is 0 Å². The quantitative estimate of drug-likeness (QED) is 0.582. The number of aryl methyl sites for hydroxylation is 1. The molecule has 0 amide bonds. The van der Waals surface area contributed by atoms with Crippen molar-refractivity contribution in [1.82, 2.24) is 29.5 Å². The Hall–Kier alpha value is -3.48. The third kappa shape index (κ3) is 3.61. The number of hydrogen-bond acceptors (Lipinski definition) is 5. The summed E-state index contributed by atoms with van der Waals surface area (Å²) in [6.45, 7) is 1.41. The van der Waals surface area contributed by atoms with E-state index in [4.69, 9.17) is 0 Å². The van der Waals surface area contributed by atoms with Crippen LogP contribution in [0.1, 0.15) is 11.1 Å². The highest BCUT2D eigenvalue weighted by Gasteiger charge is 2.10. The lowest BCUT2D eigenvalue weighted by molar-refractivity contribution is 0.685. The van der Waals surface area contributed by atoms with Gasteiger partial charge in [-0.05, 0) is 29.8 Å². The van der Waals surface area contributed by atoms with Crippen molar-refractivity contribution in [2.45, 2.75) is 13.1 Å². The van der Waals surface area contributed by atoms with Gasteiger partial charge < -0.3 is 5.32 Å². The van der Waals surface area contributed by atoms with Crippen molar-refractivity contribution in [2.75, 3.05) is 5.32 Å². The average molecular weight is 345 g/mol. The first-order valence-corrected chi connectivity index (χ1v) is 8.36. The SMILES string of the molecule is Cn1cc(CNc2ccc(Cn3cncn3)cc2)c(-c2cccnc2)n1. The largest absolute Gasteiger partial charge is 0.381 e. The first kappa shape index (κ1) is 16.0. The van der Waals surface area contributed by atoms with Crippen LogP contribution in [0.2, 0.25) is 0 Å². The minimum atomic E-state index is 0.695. The van der Waals surface area contributed by atoms with Gasteiger partial charge in [-0.3, -0.25) is 9.67 Å². The van der Waals surface area contributed by atoms with E-state index in [0.29, 0.717) is 13.1 Å². The molecule has 7 heteroatoms. The van der Waals surface area contributed by atoms with Crippen LogP contribution in [0.15, 0.2) is 67.6 Å². The van der Waals surface area contributed by atoms with Gasteiger partial charge in [-0.2, -0.15) is 10.2 Å². The Morgan fingerprint density at radius 3 is 2.69 bits per heavy atom. The fourth-order valence-electron chi connectivity index (χ4n) is 2.84. The number of nitrogens with one attached hydrogen (secondary N) is 1. The van der Waals surface area contributed by atoms with Gasteiger partial charge in [0.1, 0.15) is 12.7 Å². The fourth-order valence-corrected chi connectivity index (χ4v) is 2.84. The summed E-state index contributed by atoms with van der Waals surface area (Å²) in [6.07, 6.45) is 8.91. The van der Waals surface area contributed by atoms with Crippen molar-refractivity contribution in [1.29, 1.82) is 0 Å². The Labute approximate surface area is 151 Å². The number of hydrogen-bond donors (Lipinski definition) is 1. The topological polar surface area (TPSA) is 73.5 Å². The van der Waals surface area contributed by atoms with Crippen LogP contribution < -0.4 is 5.32 Å². The second kappa shape index (κ2) is 7.18. The van der Waals surface area contributed by atoms with E-state index < -0.39 is 0 Å². The highest BCUT2D eigenvalue weighted by atomic mass is 15.3. The predicted molar refractivity (Wildman–Crippen MR) is 99.3 cm³/mol. The van der Waals surface area contributed by atoms with Gasteiger partial charge in [0.25, 0.3) is 0 Å². The third-order valence-electron chi connectivity index (χ3n) is 4.09. The zero-order chi connectivity index (χ0) is 17.8. The second-order valence-corrected chi connectivity index (χ2v) is 6.06. The van der Waals surface area contributed by atoms with Gasteiger partial charge in [-0.15, -0.1) is 0 Å². The summed E-state index contributed by atoms with van der Waals surface area (Å²) in [7, 11) is 1.93. The van der Waals surface area contributed by atoms with Crippen LogP contribution in [0.25, 0.3) is 11.3 Å². The molecule has 0 aliphatic rings. The van der Waals surface area contributed by atoms with Crippen LogP contribution >= 0.6 is 0 Å². The number of pyridine rings is 1. The maximum Gasteiger partial charge on any atom is 0.137 e. The van der Waals surface area contributed by atoms with Gasteiger partial charge >= 0.3 is 0 Å². The molecule has 0 saturated carbocycles. The molecule has 1 N–H and O–H groups in total. The predicted octanol–water partition coefficient (Wildman–Crippen LogP) is 2.73. The number of nitrogens with zero attached hydrogens (tertiary/aromatic N) is 6. The van der Waals surface area contributed by atoms with Crippen LogP contribution in [0.5, 0.6) is 0 Å². The van der Waals surface area contributed by atoms with Gasteiger partial charge in [0.05, 0.1) is 12.2 Å². The summed E-state index contributed by atoms with van der Waals surface area (Å²) in [5.74, 6) is 0. The number of aromatic nitrogens is 6. The van der Waals surface area contributed by atoms with E-state index in [1.54, 1.807) is 23.5 Å². The molecule has 0 radical (unpaired) electrons. The molecular weight excluding hydrogens is 326 g/mol. The molecule has 0 atom stereocenters. The zero-order valence-electron chi connectivity index (χ0n) is 14.4.